The summed E-state index contributed by atoms with van der Waals surface area (Å²) in [5, 5.41) is 14.1. The lowest BCUT2D eigenvalue weighted by atomic mass is 9.85. The molecule has 1 heterocycles. The second-order valence-electron chi connectivity index (χ2n) is 9.20. The third kappa shape index (κ3) is 6.44. The van der Waals surface area contributed by atoms with E-state index in [0.29, 0.717) is 43.8 Å². The van der Waals surface area contributed by atoms with E-state index < -0.39 is 17.8 Å². The van der Waals surface area contributed by atoms with Crippen molar-refractivity contribution in [3.05, 3.63) is 53.3 Å². The number of carboxylic acid groups (broad SMARTS) is 1. The number of ether oxygens (including phenoxy) is 2. The van der Waals surface area contributed by atoms with E-state index in [1.165, 1.54) is 25.3 Å². The van der Waals surface area contributed by atoms with Crippen molar-refractivity contribution in [3.63, 3.8) is 0 Å². The molecule has 0 spiro atoms. The summed E-state index contributed by atoms with van der Waals surface area (Å²) < 4.78 is 24.7. The van der Waals surface area contributed by atoms with Crippen molar-refractivity contribution in [2.45, 2.75) is 51.2 Å². The number of nitrogens with one attached hydrogen (secondary N) is 2. The molecule has 1 fully saturated rings. The first-order valence-corrected chi connectivity index (χ1v) is 12.0. The number of carbonyl (C=O) groups is 3. The molecule has 36 heavy (non-hydrogen) atoms. The van der Waals surface area contributed by atoms with Crippen molar-refractivity contribution in [2.75, 3.05) is 24.3 Å². The third-order valence-electron chi connectivity index (χ3n) is 6.68. The molecule has 192 valence electrons. The third-order valence-corrected chi connectivity index (χ3v) is 6.68. The van der Waals surface area contributed by atoms with Gasteiger partial charge >= 0.3 is 18.1 Å². The van der Waals surface area contributed by atoms with Crippen molar-refractivity contribution in [1.82, 2.24) is 4.90 Å². The minimum absolute atomic E-state index is 0.00864. The van der Waals surface area contributed by atoms with Gasteiger partial charge in [-0.2, -0.15) is 0 Å². The van der Waals surface area contributed by atoms with E-state index in [9.17, 15) is 18.8 Å². The zero-order valence-corrected chi connectivity index (χ0v) is 20.1. The molecule has 2 aromatic rings. The Kier molecular flexibility index (Phi) is 7.92. The average molecular weight is 500 g/mol. The van der Waals surface area contributed by atoms with Crippen molar-refractivity contribution in [3.8, 4) is 5.75 Å². The highest BCUT2D eigenvalue weighted by atomic mass is 19.1. The van der Waals surface area contributed by atoms with E-state index >= 15 is 0 Å². The maximum atomic E-state index is 14.0. The fraction of sp³-hybridized carbons (Fsp3) is 0.423. The number of benzene rings is 2. The van der Waals surface area contributed by atoms with E-state index in [4.69, 9.17) is 14.6 Å². The molecule has 0 unspecified atom stereocenters. The lowest BCUT2D eigenvalue weighted by Gasteiger charge is -2.32. The molecule has 0 atom stereocenters. The lowest BCUT2D eigenvalue weighted by molar-refractivity contribution is -0.138. The zero-order valence-electron chi connectivity index (χ0n) is 20.1. The normalized spacial score (nSPS) is 19.1. The lowest BCUT2D eigenvalue weighted by Crippen LogP contribution is -2.39. The highest BCUT2D eigenvalue weighted by Crippen LogP contribution is 2.30. The number of amides is 3. The Hall–Kier alpha value is -3.82. The monoisotopic (exact) mass is 499 g/mol. The number of nitrogens with zero attached hydrogens (tertiary/aromatic N) is 1. The SMILES string of the molecule is COc1ccc(F)c(NC(=O)Nc2ccc3c(c2)CCN(C(=O)OC2CCC(CC(=O)O)CC2)C3)c1. The average Bonchev–Trinajstić information content (AvgIpc) is 2.86. The number of urea groups is 1. The number of rotatable bonds is 6. The first-order valence-electron chi connectivity index (χ1n) is 12.0. The molecule has 1 saturated carbocycles. The van der Waals surface area contributed by atoms with Crippen molar-refractivity contribution >= 4 is 29.5 Å². The van der Waals surface area contributed by atoms with E-state index in [1.807, 2.05) is 12.1 Å². The number of hydrogen-bond donors (Lipinski definition) is 3. The number of carboxylic acids is 1. The first-order chi connectivity index (χ1) is 17.3. The molecule has 0 saturated heterocycles. The molecule has 1 aliphatic carbocycles. The first kappa shape index (κ1) is 25.3. The van der Waals surface area contributed by atoms with Crippen LogP contribution in [-0.4, -0.2) is 47.9 Å². The van der Waals surface area contributed by atoms with Gasteiger partial charge in [0.15, 0.2) is 0 Å². The molecule has 2 aromatic carbocycles. The van der Waals surface area contributed by atoms with Crippen LogP contribution in [0.5, 0.6) is 5.75 Å². The number of hydrogen-bond acceptors (Lipinski definition) is 5. The van der Waals surface area contributed by atoms with Crippen LogP contribution in [0.1, 0.15) is 43.2 Å². The van der Waals surface area contributed by atoms with Crippen molar-refractivity contribution in [2.24, 2.45) is 5.92 Å². The minimum atomic E-state index is -0.785. The molecule has 1 aliphatic heterocycles. The van der Waals surface area contributed by atoms with Gasteiger partial charge < -0.3 is 30.1 Å². The zero-order chi connectivity index (χ0) is 25.7. The Morgan fingerprint density at radius 1 is 1.06 bits per heavy atom. The molecule has 9 nitrogen and oxygen atoms in total. The van der Waals surface area contributed by atoms with Crippen LogP contribution in [0.25, 0.3) is 0 Å². The molecule has 10 heteroatoms. The van der Waals surface area contributed by atoms with Crippen LogP contribution in [0.3, 0.4) is 0 Å². The van der Waals surface area contributed by atoms with Gasteiger partial charge in [-0.15, -0.1) is 0 Å². The fourth-order valence-electron chi connectivity index (χ4n) is 4.72. The summed E-state index contributed by atoms with van der Waals surface area (Å²) in [6.45, 7) is 0.898. The minimum Gasteiger partial charge on any atom is -0.497 e. The Bertz CT molecular complexity index is 1130. The number of anilines is 2. The molecule has 4 rings (SSSR count). The van der Waals surface area contributed by atoms with E-state index in [2.05, 4.69) is 10.6 Å². The van der Waals surface area contributed by atoms with Crippen LogP contribution in [0.2, 0.25) is 0 Å². The molecule has 3 amide bonds. The molecular formula is C26H30FN3O6. The van der Waals surface area contributed by atoms with Gasteiger partial charge in [-0.25, -0.2) is 14.0 Å². The summed E-state index contributed by atoms with van der Waals surface area (Å²) in [4.78, 5) is 37.6. The highest BCUT2D eigenvalue weighted by molar-refractivity contribution is 6.00. The van der Waals surface area contributed by atoms with Gasteiger partial charge in [0.05, 0.1) is 12.8 Å². The predicted molar refractivity (Wildman–Crippen MR) is 131 cm³/mol. The number of methoxy groups -OCH3 is 1. The largest absolute Gasteiger partial charge is 0.497 e. The second-order valence-corrected chi connectivity index (χ2v) is 9.20. The van der Waals surface area contributed by atoms with Crippen LogP contribution >= 0.6 is 0 Å². The Balaban J connectivity index is 1.29. The van der Waals surface area contributed by atoms with Gasteiger partial charge in [-0.3, -0.25) is 4.79 Å². The molecule has 0 aromatic heterocycles. The number of fused-ring (bicyclic) bond motifs is 1. The molecule has 0 bridgehead atoms. The van der Waals surface area contributed by atoms with Gasteiger partial charge in [0.25, 0.3) is 0 Å². The summed E-state index contributed by atoms with van der Waals surface area (Å²) >= 11 is 0. The van der Waals surface area contributed by atoms with Crippen molar-refractivity contribution in [1.29, 1.82) is 0 Å². The predicted octanol–water partition coefficient (Wildman–Crippen LogP) is 5.01. The van der Waals surface area contributed by atoms with Gasteiger partial charge in [0.1, 0.15) is 17.7 Å². The standard InChI is InChI=1S/C26H30FN3O6/c1-35-21-8-9-22(27)23(14-21)29-25(33)28-19-5-4-18-15-30(11-10-17(18)13-19)26(34)36-20-6-2-16(3-7-20)12-24(31)32/h4-5,8-9,13-14,16,20H,2-3,6-7,10-12,15H2,1H3,(H,31,32)(H2,28,29,33). The molecule has 3 N–H and O–H groups in total. The fourth-order valence-corrected chi connectivity index (χ4v) is 4.72. The Morgan fingerprint density at radius 3 is 2.56 bits per heavy atom. The molecule has 0 radical (unpaired) electrons. The quantitative estimate of drug-likeness (QED) is 0.515. The smallest absolute Gasteiger partial charge is 0.410 e. The number of aliphatic carboxylic acids is 1. The maximum Gasteiger partial charge on any atom is 0.410 e. The topological polar surface area (TPSA) is 117 Å². The summed E-state index contributed by atoms with van der Waals surface area (Å²) in [5.74, 6) is -0.781. The van der Waals surface area contributed by atoms with Crippen LogP contribution in [0.4, 0.5) is 25.4 Å². The van der Waals surface area contributed by atoms with Crippen LogP contribution in [0, 0.1) is 11.7 Å². The maximum absolute atomic E-state index is 14.0. The van der Waals surface area contributed by atoms with Crippen molar-refractivity contribution < 1.29 is 33.4 Å². The van der Waals surface area contributed by atoms with Gasteiger partial charge in [0, 0.05) is 31.3 Å². The number of carbonyl (C=O) groups excluding carboxylic acids is 2. The summed E-state index contributed by atoms with van der Waals surface area (Å²) in [7, 11) is 1.46. The van der Waals surface area contributed by atoms with Gasteiger partial charge in [-0.1, -0.05) is 6.07 Å². The summed E-state index contributed by atoms with van der Waals surface area (Å²) in [6, 6.07) is 8.94. The summed E-state index contributed by atoms with van der Waals surface area (Å²) in [6.07, 6.45) is 3.11. The molecule has 2 aliphatic rings. The highest BCUT2D eigenvalue weighted by Gasteiger charge is 2.28. The Morgan fingerprint density at radius 2 is 1.83 bits per heavy atom. The van der Waals surface area contributed by atoms with E-state index in [0.717, 1.165) is 24.0 Å². The van der Waals surface area contributed by atoms with Crippen LogP contribution in [-0.2, 0) is 22.5 Å². The van der Waals surface area contributed by atoms with Crippen LogP contribution < -0.4 is 15.4 Å². The Labute approximate surface area is 208 Å². The number of halogens is 1. The second kappa shape index (κ2) is 11.3. The van der Waals surface area contributed by atoms with E-state index in [-0.39, 0.29) is 30.2 Å². The molecular weight excluding hydrogens is 469 g/mol. The van der Waals surface area contributed by atoms with E-state index in [1.54, 1.807) is 11.0 Å². The van der Waals surface area contributed by atoms with Gasteiger partial charge in [-0.05, 0) is 73.4 Å². The van der Waals surface area contributed by atoms with Crippen LogP contribution in [0.15, 0.2) is 36.4 Å². The summed E-state index contributed by atoms with van der Waals surface area (Å²) in [5.41, 5.74) is 2.55. The van der Waals surface area contributed by atoms with Gasteiger partial charge in [0.2, 0.25) is 0 Å².